The molecule has 0 aliphatic carbocycles. The van der Waals surface area contributed by atoms with E-state index in [-0.39, 0.29) is 0 Å². The number of halogens is 4. The average molecular weight is 1510 g/mol. The Balaban J connectivity index is 0.863. The summed E-state index contributed by atoms with van der Waals surface area (Å²) < 4.78 is 7.10. The normalized spacial score (nSPS) is 11.5. The predicted octanol–water partition coefficient (Wildman–Crippen LogP) is 29.4. The van der Waals surface area contributed by atoms with E-state index < -0.39 is 0 Å². The Bertz CT molecular complexity index is 4740. The van der Waals surface area contributed by atoms with Crippen LogP contribution in [0.4, 0.5) is 34.1 Å². The Morgan fingerprint density at radius 1 is 0.271 bits per heavy atom. The van der Waals surface area contributed by atoms with Crippen LogP contribution in [0.2, 0.25) is 0 Å². The average Bonchev–Trinajstić information content (AvgIpc) is 1.56. The van der Waals surface area contributed by atoms with E-state index in [9.17, 15) is 0 Å². The maximum atomic E-state index is 3.63. The van der Waals surface area contributed by atoms with Gasteiger partial charge in [-0.05, 0) is 224 Å². The van der Waals surface area contributed by atoms with Gasteiger partial charge in [-0.2, -0.15) is 0 Å². The van der Waals surface area contributed by atoms with Crippen LogP contribution in [-0.4, -0.2) is 4.57 Å². The molecule has 1 aromatic heterocycles. The lowest BCUT2D eigenvalue weighted by Crippen LogP contribution is -2.10. The van der Waals surface area contributed by atoms with Crippen LogP contribution in [0.15, 0.2) is 309 Å². The number of benzene rings is 13. The van der Waals surface area contributed by atoms with Crippen molar-refractivity contribution in [3.63, 3.8) is 0 Å². The molecule has 0 spiro atoms. The second kappa shape index (κ2) is 29.8. The number of anilines is 6. The third kappa shape index (κ3) is 14.2. The highest BCUT2D eigenvalue weighted by atomic mass is 79.9. The van der Waals surface area contributed by atoms with Gasteiger partial charge in [0.2, 0.25) is 0 Å². The van der Waals surface area contributed by atoms with Crippen molar-refractivity contribution < 1.29 is 0 Å². The second-order valence-electron chi connectivity index (χ2n) is 25.3. The molecule has 7 heteroatoms. The van der Waals surface area contributed by atoms with E-state index in [2.05, 4.69) is 383 Å². The highest BCUT2D eigenvalue weighted by molar-refractivity contribution is 9.11. The Morgan fingerprint density at radius 2 is 0.562 bits per heavy atom. The van der Waals surface area contributed by atoms with Gasteiger partial charge in [0.25, 0.3) is 0 Å². The summed E-state index contributed by atoms with van der Waals surface area (Å²) in [7, 11) is 0. The molecular formula is C89H75Br4N3. The predicted molar refractivity (Wildman–Crippen MR) is 426 cm³/mol. The van der Waals surface area contributed by atoms with Crippen molar-refractivity contribution >= 4 is 130 Å². The first-order valence-corrected chi connectivity index (χ1v) is 37.1. The molecule has 0 saturated carbocycles. The molecule has 14 aromatic rings. The number of rotatable bonds is 23. The summed E-state index contributed by atoms with van der Waals surface area (Å²) in [6.45, 7) is 4.65. The molecule has 3 nitrogen and oxygen atoms in total. The van der Waals surface area contributed by atoms with Crippen LogP contribution in [0, 0.1) is 0 Å². The lowest BCUT2D eigenvalue weighted by atomic mass is 9.94. The number of hydrogen-bond acceptors (Lipinski definition) is 2. The molecule has 0 N–H and O–H groups in total. The van der Waals surface area contributed by atoms with Crippen molar-refractivity contribution in [2.75, 3.05) is 9.80 Å². The molecule has 0 atom stereocenters. The Labute approximate surface area is 599 Å². The molecule has 0 unspecified atom stereocenters. The lowest BCUT2D eigenvalue weighted by Gasteiger charge is -2.26. The smallest absolute Gasteiger partial charge is 0.0506 e. The molecule has 0 aliphatic rings. The molecule has 0 saturated heterocycles. The summed E-state index contributed by atoms with van der Waals surface area (Å²) in [5, 5.41) is 5.21. The Hall–Kier alpha value is -8.56. The SMILES string of the molecule is CCCCCCC(CCCCCC)n1c2cc(-c3ccc(N(c4ccc(-c5ccc(Br)cc5)cc4)c4ccc(-c5ccc(Br)cc5)cc4)cc3)ccc2c2c3ccccc3c(-c3ccc(N(c4ccc(-c5ccc(Br)cc5)cc4)c4ccc(-c5ccc(Br)cc5)cc4)cc3)cc21. The minimum absolute atomic E-state index is 0.338. The first-order chi connectivity index (χ1) is 47.1. The second-order valence-corrected chi connectivity index (χ2v) is 29.0. The molecule has 0 amide bonds. The Morgan fingerprint density at radius 3 is 0.896 bits per heavy atom. The van der Waals surface area contributed by atoms with E-state index in [4.69, 9.17) is 0 Å². The van der Waals surface area contributed by atoms with Crippen molar-refractivity contribution in [2.45, 2.75) is 84.1 Å². The topological polar surface area (TPSA) is 11.4 Å². The van der Waals surface area contributed by atoms with Crippen molar-refractivity contribution in [3.8, 4) is 66.8 Å². The summed E-state index contributed by atoms with van der Waals surface area (Å²) in [6.07, 6.45) is 12.2. The van der Waals surface area contributed by atoms with E-state index in [0.717, 1.165) is 64.9 Å². The molecule has 14 rings (SSSR count). The minimum atomic E-state index is 0.338. The van der Waals surface area contributed by atoms with Crippen molar-refractivity contribution in [2.24, 2.45) is 0 Å². The molecule has 13 aromatic carbocycles. The van der Waals surface area contributed by atoms with Crippen LogP contribution in [-0.2, 0) is 0 Å². The van der Waals surface area contributed by atoms with E-state index in [0.29, 0.717) is 6.04 Å². The number of aromatic nitrogens is 1. The summed E-state index contributed by atoms with van der Waals surface area (Å²) in [5.41, 5.74) is 23.5. The van der Waals surface area contributed by atoms with Gasteiger partial charge in [-0.1, -0.05) is 287 Å². The number of unbranched alkanes of at least 4 members (excludes halogenated alkanes) is 6. The summed E-state index contributed by atoms with van der Waals surface area (Å²) in [6, 6.07) is 108. The fraction of sp³-hybridized carbons (Fsp3) is 0.146. The highest BCUT2D eigenvalue weighted by Crippen LogP contribution is 2.47. The fourth-order valence-electron chi connectivity index (χ4n) is 14.0. The van der Waals surface area contributed by atoms with E-state index in [1.54, 1.807) is 0 Å². The molecule has 474 valence electrons. The molecule has 1 heterocycles. The van der Waals surface area contributed by atoms with Gasteiger partial charge in [-0.15, -0.1) is 0 Å². The van der Waals surface area contributed by atoms with Gasteiger partial charge in [0.15, 0.2) is 0 Å². The van der Waals surface area contributed by atoms with Crippen LogP contribution in [0.5, 0.6) is 0 Å². The van der Waals surface area contributed by atoms with Gasteiger partial charge in [0.05, 0.1) is 5.52 Å². The van der Waals surface area contributed by atoms with Crippen LogP contribution in [0.1, 0.15) is 84.1 Å². The van der Waals surface area contributed by atoms with Crippen molar-refractivity contribution in [3.05, 3.63) is 309 Å². The standard InChI is InChI=1S/C89H75Br4N3/c1-3-5-7-9-13-76(14-10-8-6-4-2)96-87-59-71(69-33-54-81(55-34-69)94(77-46-25-65(26-47-77)61-17-38-72(90)39-18-61)78-48-27-66(28-49-78)62-19-40-73(91)41-20-62)37-58-85(87)89-84-16-12-11-15-83(84)86(60-88(89)96)70-35-56-82(57-36-70)95(79-50-29-67(30-51-79)63-21-42-74(92)43-22-63)80-52-31-68(32-53-80)64-23-44-75(93)45-24-64/h11-12,15-60,76H,3-10,13-14H2,1-2H3. The molecular weight excluding hydrogens is 1430 g/mol. The van der Waals surface area contributed by atoms with Gasteiger partial charge in [-0.25, -0.2) is 0 Å². The monoisotopic (exact) mass is 1500 g/mol. The largest absolute Gasteiger partial charge is 0.337 e. The minimum Gasteiger partial charge on any atom is -0.337 e. The molecule has 0 radical (unpaired) electrons. The van der Waals surface area contributed by atoms with E-state index >= 15 is 0 Å². The van der Waals surface area contributed by atoms with Crippen LogP contribution >= 0.6 is 63.7 Å². The van der Waals surface area contributed by atoms with Gasteiger partial charge >= 0.3 is 0 Å². The van der Waals surface area contributed by atoms with Gasteiger partial charge < -0.3 is 14.4 Å². The maximum Gasteiger partial charge on any atom is 0.0506 e. The molecule has 0 aliphatic heterocycles. The highest BCUT2D eigenvalue weighted by Gasteiger charge is 2.24. The fourth-order valence-corrected chi connectivity index (χ4v) is 15.1. The van der Waals surface area contributed by atoms with Crippen LogP contribution in [0.25, 0.3) is 99.3 Å². The van der Waals surface area contributed by atoms with Crippen molar-refractivity contribution in [1.29, 1.82) is 0 Å². The number of fused-ring (bicyclic) bond motifs is 5. The number of hydrogen-bond donors (Lipinski definition) is 0. The molecule has 0 bridgehead atoms. The van der Waals surface area contributed by atoms with Crippen LogP contribution in [0.3, 0.4) is 0 Å². The first-order valence-electron chi connectivity index (χ1n) is 33.9. The lowest BCUT2D eigenvalue weighted by molar-refractivity contribution is 0.413. The summed E-state index contributed by atoms with van der Waals surface area (Å²) >= 11 is 14.5. The van der Waals surface area contributed by atoms with E-state index in [1.807, 2.05) is 0 Å². The summed E-state index contributed by atoms with van der Waals surface area (Å²) in [5.74, 6) is 0. The van der Waals surface area contributed by atoms with Crippen molar-refractivity contribution in [1.82, 2.24) is 4.57 Å². The zero-order valence-electron chi connectivity index (χ0n) is 54.2. The zero-order chi connectivity index (χ0) is 65.5. The zero-order valence-corrected chi connectivity index (χ0v) is 60.6. The van der Waals surface area contributed by atoms with Gasteiger partial charge in [-0.3, -0.25) is 0 Å². The van der Waals surface area contributed by atoms with E-state index in [1.165, 1.54) is 151 Å². The van der Waals surface area contributed by atoms with Gasteiger partial charge in [0, 0.05) is 74.3 Å². The third-order valence-electron chi connectivity index (χ3n) is 19.1. The molecule has 96 heavy (non-hydrogen) atoms. The maximum absolute atomic E-state index is 3.63. The van der Waals surface area contributed by atoms with Gasteiger partial charge in [0.1, 0.15) is 0 Å². The first kappa shape index (κ1) is 64.8. The summed E-state index contributed by atoms with van der Waals surface area (Å²) in [4.78, 5) is 4.76. The van der Waals surface area contributed by atoms with Crippen LogP contribution < -0.4 is 9.80 Å². The quantitative estimate of drug-likeness (QED) is 0.0592. The number of nitrogens with zero attached hydrogens (tertiary/aromatic N) is 3. The Kier molecular flexibility index (Phi) is 20.1. The molecule has 0 fully saturated rings. The third-order valence-corrected chi connectivity index (χ3v) is 21.2.